The van der Waals surface area contributed by atoms with Gasteiger partial charge in [0.05, 0.1) is 11.8 Å². The van der Waals surface area contributed by atoms with Gasteiger partial charge in [0.25, 0.3) is 11.8 Å². The number of carbonyl (C=O) groups excluding carboxylic acids is 4. The fraction of sp³-hybridized carbons (Fsp3) is 0.417. The van der Waals surface area contributed by atoms with Crippen LogP contribution in [0.25, 0.3) is 0 Å². The maximum Gasteiger partial charge on any atom is 0.253 e. The van der Waals surface area contributed by atoms with Crippen LogP contribution in [0.5, 0.6) is 5.75 Å². The highest BCUT2D eigenvalue weighted by molar-refractivity contribution is 6.53. The first-order valence-electron chi connectivity index (χ1n) is 10.7. The zero-order chi connectivity index (χ0) is 23.9. The number of allylic oxidation sites excluding steroid dienone is 3. The number of para-hydroxylation sites is 1. The molecule has 2 heterocycles. The standard InChI is InChI=1S/C24H22Cl2N2O5/c1-3-5-11-6-4-7-14(18(11)29)17-12-8-9-13-16(20(31)27-19(13)30)15(12)10-23(25)21(32)28(2)22(33)24(17,23)26/h3-4,6-8,13,15-17,29H,1,5,9-10H2,2H3,(H,27,30,31)/t13-,15+,16-,17+,23+,24-/m0/s1. The molecule has 172 valence electrons. The Labute approximate surface area is 200 Å². The van der Waals surface area contributed by atoms with E-state index in [1.165, 1.54) is 7.05 Å². The monoisotopic (exact) mass is 488 g/mol. The van der Waals surface area contributed by atoms with E-state index in [0.717, 1.165) is 4.90 Å². The number of aromatic hydroxyl groups is 1. The maximum absolute atomic E-state index is 13.4. The number of halogens is 2. The van der Waals surface area contributed by atoms with Crippen LogP contribution in [0.15, 0.2) is 42.5 Å². The van der Waals surface area contributed by atoms with E-state index in [2.05, 4.69) is 11.9 Å². The highest BCUT2D eigenvalue weighted by atomic mass is 35.5. The summed E-state index contributed by atoms with van der Waals surface area (Å²) < 4.78 is 0. The van der Waals surface area contributed by atoms with Gasteiger partial charge in [-0.05, 0) is 30.7 Å². The number of hydrogen-bond donors (Lipinski definition) is 2. The number of likely N-dealkylation sites (tertiary alicyclic amines) is 1. The van der Waals surface area contributed by atoms with Crippen molar-refractivity contribution in [2.75, 3.05) is 7.05 Å². The lowest BCUT2D eigenvalue weighted by molar-refractivity contribution is -0.138. The molecule has 1 saturated carbocycles. The average Bonchev–Trinajstić information content (AvgIpc) is 3.14. The van der Waals surface area contributed by atoms with Crippen LogP contribution in [-0.4, -0.2) is 50.4 Å². The summed E-state index contributed by atoms with van der Waals surface area (Å²) in [6, 6.07) is 5.12. The Morgan fingerprint density at radius 1 is 1.18 bits per heavy atom. The molecule has 2 N–H and O–H groups in total. The Bertz CT molecular complexity index is 1180. The van der Waals surface area contributed by atoms with Crippen LogP contribution in [0.2, 0.25) is 0 Å². The number of fused-ring (bicyclic) bond motifs is 4. The fourth-order valence-electron chi connectivity index (χ4n) is 6.16. The number of hydrogen-bond acceptors (Lipinski definition) is 5. The third-order valence-corrected chi connectivity index (χ3v) is 9.10. The van der Waals surface area contributed by atoms with E-state index in [4.69, 9.17) is 23.2 Å². The van der Waals surface area contributed by atoms with Gasteiger partial charge >= 0.3 is 0 Å². The van der Waals surface area contributed by atoms with E-state index in [1.54, 1.807) is 24.3 Å². The molecule has 2 saturated heterocycles. The average molecular weight is 489 g/mol. The van der Waals surface area contributed by atoms with Crippen molar-refractivity contribution < 1.29 is 24.3 Å². The molecule has 2 aliphatic heterocycles. The molecule has 5 rings (SSSR count). The Kier molecular flexibility index (Phi) is 4.82. The normalized spacial score (nSPS) is 37.3. The summed E-state index contributed by atoms with van der Waals surface area (Å²) in [5, 5.41) is 13.5. The second-order valence-electron chi connectivity index (χ2n) is 9.20. The minimum atomic E-state index is -1.90. The maximum atomic E-state index is 13.4. The molecule has 0 unspecified atom stereocenters. The van der Waals surface area contributed by atoms with Crippen molar-refractivity contribution in [2.24, 2.45) is 17.8 Å². The molecule has 1 aromatic rings. The molecule has 33 heavy (non-hydrogen) atoms. The Balaban J connectivity index is 1.78. The van der Waals surface area contributed by atoms with Gasteiger partial charge in [0.1, 0.15) is 5.75 Å². The molecule has 9 heteroatoms. The summed E-state index contributed by atoms with van der Waals surface area (Å²) in [6.45, 7) is 3.71. The van der Waals surface area contributed by atoms with Crippen molar-refractivity contribution in [3.63, 3.8) is 0 Å². The molecule has 0 bridgehead atoms. The zero-order valence-corrected chi connectivity index (χ0v) is 19.3. The largest absolute Gasteiger partial charge is 0.507 e. The number of phenolic OH excluding ortho intramolecular Hbond substituents is 1. The van der Waals surface area contributed by atoms with Crippen LogP contribution in [-0.2, 0) is 25.6 Å². The van der Waals surface area contributed by atoms with Crippen molar-refractivity contribution in [1.29, 1.82) is 0 Å². The van der Waals surface area contributed by atoms with E-state index in [0.29, 0.717) is 23.1 Å². The number of rotatable bonds is 3. The van der Waals surface area contributed by atoms with Gasteiger partial charge < -0.3 is 5.11 Å². The first kappa shape index (κ1) is 22.2. The number of benzene rings is 1. The molecule has 0 aromatic heterocycles. The minimum Gasteiger partial charge on any atom is -0.507 e. The SMILES string of the molecule is C=CCc1cccc([C@H]2C3=CC[C@@H]4C(=O)NC(=O)[C@@H]4[C@@H]3C[C@@]3(Cl)C(=O)N(C)C(=O)[C@@]23Cl)c1O. The fourth-order valence-corrected chi connectivity index (χ4v) is 7.18. The molecule has 7 nitrogen and oxygen atoms in total. The van der Waals surface area contributed by atoms with Crippen molar-refractivity contribution >= 4 is 46.8 Å². The number of amides is 4. The molecule has 4 amide bonds. The van der Waals surface area contributed by atoms with Gasteiger partial charge in [0.15, 0.2) is 9.75 Å². The highest BCUT2D eigenvalue weighted by Crippen LogP contribution is 2.65. The lowest BCUT2D eigenvalue weighted by Crippen LogP contribution is -2.60. The van der Waals surface area contributed by atoms with Crippen molar-refractivity contribution in [1.82, 2.24) is 10.2 Å². The van der Waals surface area contributed by atoms with Crippen LogP contribution >= 0.6 is 23.2 Å². The van der Waals surface area contributed by atoms with Gasteiger partial charge in [-0.25, -0.2) is 0 Å². The molecule has 2 aliphatic carbocycles. The summed E-state index contributed by atoms with van der Waals surface area (Å²) in [7, 11) is 1.33. The molecule has 0 spiro atoms. The Morgan fingerprint density at radius 2 is 1.91 bits per heavy atom. The Morgan fingerprint density at radius 3 is 2.61 bits per heavy atom. The minimum absolute atomic E-state index is 0.0631. The van der Waals surface area contributed by atoms with E-state index < -0.39 is 51.1 Å². The van der Waals surface area contributed by atoms with Crippen LogP contribution in [0.3, 0.4) is 0 Å². The van der Waals surface area contributed by atoms with Crippen molar-refractivity contribution in [3.05, 3.63) is 53.6 Å². The number of nitrogens with zero attached hydrogens (tertiary/aromatic N) is 1. The van der Waals surface area contributed by atoms with Crippen LogP contribution in [0, 0.1) is 17.8 Å². The predicted octanol–water partition coefficient (Wildman–Crippen LogP) is 2.40. The van der Waals surface area contributed by atoms with Gasteiger partial charge in [0.2, 0.25) is 11.8 Å². The molecule has 6 atom stereocenters. The number of imide groups is 2. The molecular formula is C24H22Cl2N2O5. The molecular weight excluding hydrogens is 467 g/mol. The topological polar surface area (TPSA) is 104 Å². The lowest BCUT2D eigenvalue weighted by Gasteiger charge is -2.50. The summed E-state index contributed by atoms with van der Waals surface area (Å²) in [5.74, 6) is -4.99. The number of alkyl halides is 2. The van der Waals surface area contributed by atoms with Gasteiger partial charge in [0, 0.05) is 18.5 Å². The summed E-state index contributed by atoms with van der Waals surface area (Å²) in [6.07, 6.45) is 4.07. The molecule has 0 radical (unpaired) electrons. The van der Waals surface area contributed by atoms with Crippen LogP contribution < -0.4 is 5.32 Å². The van der Waals surface area contributed by atoms with E-state index >= 15 is 0 Å². The number of carbonyl (C=O) groups is 4. The summed E-state index contributed by atoms with van der Waals surface area (Å²) >= 11 is 14.1. The third kappa shape index (κ3) is 2.63. The number of nitrogens with one attached hydrogen (secondary N) is 1. The second kappa shape index (κ2) is 7.18. The van der Waals surface area contributed by atoms with E-state index in [-0.39, 0.29) is 24.5 Å². The zero-order valence-electron chi connectivity index (χ0n) is 17.8. The smallest absolute Gasteiger partial charge is 0.253 e. The van der Waals surface area contributed by atoms with Gasteiger partial charge in [-0.1, -0.05) is 35.9 Å². The lowest BCUT2D eigenvalue weighted by atomic mass is 9.56. The van der Waals surface area contributed by atoms with Gasteiger partial charge in [-0.15, -0.1) is 29.8 Å². The van der Waals surface area contributed by atoms with Crippen LogP contribution in [0.1, 0.15) is 29.9 Å². The third-order valence-electron chi connectivity index (χ3n) is 7.68. The summed E-state index contributed by atoms with van der Waals surface area (Å²) in [4.78, 5) is 49.0. The molecule has 3 fully saturated rings. The molecule has 1 aromatic carbocycles. The van der Waals surface area contributed by atoms with Gasteiger partial charge in [-0.2, -0.15) is 0 Å². The summed E-state index contributed by atoms with van der Waals surface area (Å²) in [5.41, 5.74) is 1.58. The number of phenols is 1. The first-order valence-corrected chi connectivity index (χ1v) is 11.5. The highest BCUT2D eigenvalue weighted by Gasteiger charge is 2.75. The second-order valence-corrected chi connectivity index (χ2v) is 10.4. The quantitative estimate of drug-likeness (QED) is 0.386. The van der Waals surface area contributed by atoms with Crippen molar-refractivity contribution in [2.45, 2.75) is 34.9 Å². The van der Waals surface area contributed by atoms with Gasteiger partial charge in [-0.3, -0.25) is 29.4 Å². The van der Waals surface area contributed by atoms with Crippen LogP contribution in [0.4, 0.5) is 0 Å². The van der Waals surface area contributed by atoms with E-state index in [9.17, 15) is 24.3 Å². The van der Waals surface area contributed by atoms with Crippen molar-refractivity contribution in [3.8, 4) is 5.75 Å². The first-order chi connectivity index (χ1) is 15.6. The molecule has 4 aliphatic rings. The van der Waals surface area contributed by atoms with E-state index in [1.807, 2.05) is 6.08 Å². The predicted molar refractivity (Wildman–Crippen MR) is 121 cm³/mol. The Hall–Kier alpha value is -2.64.